The van der Waals surface area contributed by atoms with Crippen molar-refractivity contribution in [3.63, 3.8) is 0 Å². The van der Waals surface area contributed by atoms with Gasteiger partial charge in [-0.1, -0.05) is 18.2 Å². The van der Waals surface area contributed by atoms with Gasteiger partial charge in [0.15, 0.2) is 0 Å². The van der Waals surface area contributed by atoms with Crippen molar-refractivity contribution in [3.8, 4) is 0 Å². The highest BCUT2D eigenvalue weighted by atomic mass is 19.4. The van der Waals surface area contributed by atoms with Gasteiger partial charge in [0, 0.05) is 12.2 Å². The van der Waals surface area contributed by atoms with E-state index >= 15 is 0 Å². The number of β-amino-alcohol motifs (C(OH)–C–C–N with tert-alkyl or cyclic N) is 1. The molecule has 2 aromatic rings. The molecule has 1 aromatic heterocycles. The van der Waals surface area contributed by atoms with Crippen LogP contribution in [0.15, 0.2) is 30.5 Å². The first kappa shape index (κ1) is 16.5. The number of aryl methyl sites for hydroxylation is 1. The van der Waals surface area contributed by atoms with E-state index in [0.717, 1.165) is 6.07 Å². The number of aliphatic hydroxyl groups is 1. The molecule has 1 amide bonds. The van der Waals surface area contributed by atoms with Gasteiger partial charge < -0.3 is 10.0 Å². The molecule has 5 nitrogen and oxygen atoms in total. The number of hydrogen-bond acceptors (Lipinski definition) is 3. The van der Waals surface area contributed by atoms with Gasteiger partial charge in [0.05, 0.1) is 29.5 Å². The molecule has 128 valence electrons. The molecule has 1 aliphatic rings. The van der Waals surface area contributed by atoms with Gasteiger partial charge in [-0.15, -0.1) is 0 Å². The molecular weight excluding hydrogens is 323 g/mol. The highest BCUT2D eigenvalue weighted by molar-refractivity contribution is 5.95. The molecule has 0 aliphatic carbocycles. The van der Waals surface area contributed by atoms with Crippen molar-refractivity contribution in [2.75, 3.05) is 6.54 Å². The third-order valence-electron chi connectivity index (χ3n) is 4.23. The SMILES string of the molecule is Cc1[nH]ncc1C(=O)N1C[C@H](O)C[C@@H]1c1ccccc1C(F)(F)F. The van der Waals surface area contributed by atoms with Crippen molar-refractivity contribution in [1.29, 1.82) is 0 Å². The maximum absolute atomic E-state index is 13.3. The lowest BCUT2D eigenvalue weighted by atomic mass is 9.97. The number of aromatic amines is 1. The second-order valence-electron chi connectivity index (χ2n) is 5.86. The van der Waals surface area contributed by atoms with Crippen LogP contribution in [0.25, 0.3) is 0 Å². The first-order chi connectivity index (χ1) is 11.3. The van der Waals surface area contributed by atoms with Crippen LogP contribution in [0, 0.1) is 6.92 Å². The zero-order valence-electron chi connectivity index (χ0n) is 12.8. The number of amides is 1. The Kier molecular flexibility index (Phi) is 4.08. The molecule has 1 saturated heterocycles. The summed E-state index contributed by atoms with van der Waals surface area (Å²) in [6, 6.07) is 4.32. The minimum absolute atomic E-state index is 0.00366. The van der Waals surface area contributed by atoms with Crippen molar-refractivity contribution >= 4 is 5.91 Å². The molecular formula is C16H16F3N3O2. The number of alkyl halides is 3. The van der Waals surface area contributed by atoms with Crippen LogP contribution in [-0.4, -0.2) is 38.8 Å². The van der Waals surface area contributed by atoms with Crippen LogP contribution in [-0.2, 0) is 6.18 Å². The Morgan fingerprint density at radius 2 is 2.08 bits per heavy atom. The van der Waals surface area contributed by atoms with Crippen LogP contribution in [0.1, 0.15) is 39.6 Å². The van der Waals surface area contributed by atoms with Crippen molar-refractivity contribution in [1.82, 2.24) is 15.1 Å². The molecule has 2 atom stereocenters. The third-order valence-corrected chi connectivity index (χ3v) is 4.23. The Hall–Kier alpha value is -2.35. The van der Waals surface area contributed by atoms with Crippen LogP contribution in [0.3, 0.4) is 0 Å². The molecule has 0 radical (unpaired) electrons. The molecule has 0 saturated carbocycles. The normalized spacial score (nSPS) is 21.3. The van der Waals surface area contributed by atoms with E-state index in [2.05, 4.69) is 10.2 Å². The predicted molar refractivity (Wildman–Crippen MR) is 79.2 cm³/mol. The number of aromatic nitrogens is 2. The van der Waals surface area contributed by atoms with E-state index in [9.17, 15) is 23.1 Å². The molecule has 1 aliphatic heterocycles. The Bertz CT molecular complexity index is 757. The van der Waals surface area contributed by atoms with Gasteiger partial charge in [-0.2, -0.15) is 18.3 Å². The number of likely N-dealkylation sites (tertiary alicyclic amines) is 1. The second-order valence-corrected chi connectivity index (χ2v) is 5.86. The van der Waals surface area contributed by atoms with Gasteiger partial charge in [-0.25, -0.2) is 0 Å². The zero-order valence-corrected chi connectivity index (χ0v) is 12.8. The first-order valence-corrected chi connectivity index (χ1v) is 7.44. The highest BCUT2D eigenvalue weighted by Gasteiger charge is 2.41. The highest BCUT2D eigenvalue weighted by Crippen LogP contribution is 2.40. The lowest BCUT2D eigenvalue weighted by molar-refractivity contribution is -0.138. The van der Waals surface area contributed by atoms with Crippen LogP contribution in [0.5, 0.6) is 0 Å². The van der Waals surface area contributed by atoms with E-state index < -0.39 is 29.8 Å². The number of nitrogens with one attached hydrogen (secondary N) is 1. The molecule has 8 heteroatoms. The van der Waals surface area contributed by atoms with E-state index in [4.69, 9.17) is 0 Å². The number of hydrogen-bond donors (Lipinski definition) is 2. The van der Waals surface area contributed by atoms with E-state index in [1.807, 2.05) is 0 Å². The number of carbonyl (C=O) groups is 1. The van der Waals surface area contributed by atoms with E-state index in [1.165, 1.54) is 29.3 Å². The summed E-state index contributed by atoms with van der Waals surface area (Å²) < 4.78 is 39.9. The molecule has 1 fully saturated rings. The standard InChI is InChI=1S/C16H16F3N3O2/c1-9-12(7-20-21-9)15(24)22-8-10(23)6-14(22)11-4-2-3-5-13(11)16(17,18)19/h2-5,7,10,14,23H,6,8H2,1H3,(H,20,21)/t10-,14-/m1/s1. The molecule has 1 aromatic carbocycles. The van der Waals surface area contributed by atoms with Crippen molar-refractivity contribution in [3.05, 3.63) is 52.8 Å². The monoisotopic (exact) mass is 339 g/mol. The van der Waals surface area contributed by atoms with Crippen LogP contribution >= 0.6 is 0 Å². The topological polar surface area (TPSA) is 69.2 Å². The molecule has 2 N–H and O–H groups in total. The van der Waals surface area contributed by atoms with Gasteiger partial charge in [0.2, 0.25) is 0 Å². The number of rotatable bonds is 2. The largest absolute Gasteiger partial charge is 0.416 e. The smallest absolute Gasteiger partial charge is 0.391 e. The summed E-state index contributed by atoms with van der Waals surface area (Å²) in [6.07, 6.45) is -3.98. The lowest BCUT2D eigenvalue weighted by Crippen LogP contribution is -2.32. The third kappa shape index (κ3) is 2.89. The van der Waals surface area contributed by atoms with Gasteiger partial charge in [0.25, 0.3) is 5.91 Å². The van der Waals surface area contributed by atoms with Crippen molar-refractivity contribution in [2.24, 2.45) is 0 Å². The minimum atomic E-state index is -4.52. The number of carbonyl (C=O) groups excluding carboxylic acids is 1. The van der Waals surface area contributed by atoms with Gasteiger partial charge in [0.1, 0.15) is 0 Å². The van der Waals surface area contributed by atoms with Crippen molar-refractivity contribution < 1.29 is 23.1 Å². The fourth-order valence-electron chi connectivity index (χ4n) is 3.10. The maximum atomic E-state index is 13.3. The second kappa shape index (κ2) is 5.94. The summed E-state index contributed by atoms with van der Waals surface area (Å²) in [5.74, 6) is -0.445. The number of H-pyrrole nitrogens is 1. The number of halogens is 3. The molecule has 24 heavy (non-hydrogen) atoms. The zero-order chi connectivity index (χ0) is 17.5. The Labute approximate surface area is 136 Å². The quantitative estimate of drug-likeness (QED) is 0.884. The molecule has 2 heterocycles. The van der Waals surface area contributed by atoms with Crippen LogP contribution < -0.4 is 0 Å². The van der Waals surface area contributed by atoms with Crippen molar-refractivity contribution in [2.45, 2.75) is 31.7 Å². The predicted octanol–water partition coefficient (Wildman–Crippen LogP) is 2.69. The average molecular weight is 339 g/mol. The number of nitrogens with zero attached hydrogens (tertiary/aromatic N) is 2. The van der Waals surface area contributed by atoms with E-state index in [0.29, 0.717) is 11.3 Å². The first-order valence-electron chi connectivity index (χ1n) is 7.44. The minimum Gasteiger partial charge on any atom is -0.391 e. The summed E-state index contributed by atoms with van der Waals surface area (Å²) >= 11 is 0. The molecule has 0 bridgehead atoms. The summed E-state index contributed by atoms with van der Waals surface area (Å²) in [4.78, 5) is 14.0. The fraction of sp³-hybridized carbons (Fsp3) is 0.375. The average Bonchev–Trinajstić information content (AvgIpc) is 3.11. The summed E-state index contributed by atoms with van der Waals surface area (Å²) in [5.41, 5.74) is 0.0321. The maximum Gasteiger partial charge on any atom is 0.416 e. The van der Waals surface area contributed by atoms with Gasteiger partial charge in [-0.3, -0.25) is 9.89 Å². The van der Waals surface area contributed by atoms with Gasteiger partial charge >= 0.3 is 6.18 Å². The van der Waals surface area contributed by atoms with Crippen LogP contribution in [0.4, 0.5) is 13.2 Å². The van der Waals surface area contributed by atoms with Crippen LogP contribution in [0.2, 0.25) is 0 Å². The number of aliphatic hydroxyl groups excluding tert-OH is 1. The summed E-state index contributed by atoms with van der Waals surface area (Å²) in [5, 5.41) is 16.3. The lowest BCUT2D eigenvalue weighted by Gasteiger charge is -2.27. The Balaban J connectivity index is 2.01. The van der Waals surface area contributed by atoms with E-state index in [1.54, 1.807) is 6.92 Å². The van der Waals surface area contributed by atoms with Gasteiger partial charge in [-0.05, 0) is 25.0 Å². The fourth-order valence-corrected chi connectivity index (χ4v) is 3.10. The molecule has 0 unspecified atom stereocenters. The summed E-state index contributed by atoms with van der Waals surface area (Å²) in [6.45, 7) is 1.64. The summed E-state index contributed by atoms with van der Waals surface area (Å²) in [7, 11) is 0. The molecule has 3 rings (SSSR count). The number of benzene rings is 1. The Morgan fingerprint density at radius 3 is 2.71 bits per heavy atom. The Morgan fingerprint density at radius 1 is 1.38 bits per heavy atom. The molecule has 0 spiro atoms. The van der Waals surface area contributed by atoms with E-state index in [-0.39, 0.29) is 18.5 Å².